The monoisotopic (exact) mass is 370 g/mol. The van der Waals surface area contributed by atoms with Crippen LogP contribution in [0.3, 0.4) is 0 Å². The van der Waals surface area contributed by atoms with Crippen molar-refractivity contribution in [1.82, 2.24) is 14.9 Å². The molecule has 140 valence electrons. The number of para-hydroxylation sites is 1. The number of carbonyl (C=O) groups excluding carboxylic acids is 1. The van der Waals surface area contributed by atoms with Gasteiger partial charge in [-0.05, 0) is 31.0 Å². The maximum atomic E-state index is 12.6. The van der Waals surface area contributed by atoms with Crippen LogP contribution in [0.1, 0.15) is 28.2 Å². The molecule has 0 unspecified atom stereocenters. The van der Waals surface area contributed by atoms with Crippen LogP contribution in [-0.2, 0) is 0 Å². The quantitative estimate of drug-likeness (QED) is 0.724. The Morgan fingerprint density at radius 1 is 1.07 bits per heavy atom. The van der Waals surface area contributed by atoms with Gasteiger partial charge in [0.15, 0.2) is 0 Å². The van der Waals surface area contributed by atoms with Crippen LogP contribution in [0, 0.1) is 6.92 Å². The summed E-state index contributed by atoms with van der Waals surface area (Å²) >= 11 is 0. The Labute approximate surface area is 164 Å². The van der Waals surface area contributed by atoms with E-state index < -0.39 is 0 Å². The number of nitrogens with one attached hydrogen (secondary N) is 1. The fourth-order valence-electron chi connectivity index (χ4n) is 3.12. The van der Waals surface area contributed by atoms with Crippen molar-refractivity contribution in [2.75, 3.05) is 18.4 Å². The number of anilines is 1. The van der Waals surface area contributed by atoms with Crippen molar-refractivity contribution in [2.24, 2.45) is 0 Å². The second-order valence-electron chi connectivity index (χ2n) is 6.87. The van der Waals surface area contributed by atoms with Crippen LogP contribution in [0.5, 0.6) is 0 Å². The largest absolute Gasteiger partial charge is 0.371 e. The van der Waals surface area contributed by atoms with Crippen LogP contribution in [-0.4, -0.2) is 33.9 Å². The summed E-state index contributed by atoms with van der Waals surface area (Å²) in [5, 5.41) is 2.87. The molecule has 28 heavy (non-hydrogen) atoms. The van der Waals surface area contributed by atoms with E-state index in [0.717, 1.165) is 35.6 Å². The highest BCUT2D eigenvalue weighted by Gasteiger charge is 2.17. The fourth-order valence-corrected chi connectivity index (χ4v) is 3.12. The number of aryl methyl sites for hydroxylation is 1. The molecule has 5 nitrogen and oxygen atoms in total. The lowest BCUT2D eigenvalue weighted by Crippen LogP contribution is -2.34. The molecule has 1 fully saturated rings. The normalized spacial score (nSPS) is 13.0. The zero-order valence-electron chi connectivity index (χ0n) is 15.9. The van der Waals surface area contributed by atoms with Gasteiger partial charge >= 0.3 is 0 Å². The van der Waals surface area contributed by atoms with Gasteiger partial charge in [0.2, 0.25) is 0 Å². The maximum Gasteiger partial charge on any atom is 0.276 e. The van der Waals surface area contributed by atoms with Gasteiger partial charge in [-0.25, -0.2) is 4.98 Å². The van der Waals surface area contributed by atoms with Crippen LogP contribution in [0.2, 0.25) is 0 Å². The number of aromatic nitrogens is 2. The molecule has 0 bridgehead atoms. The molecule has 1 saturated heterocycles. The SMILES string of the molecule is C=C(c1ccc(-c2cnc(C)c(C(=O)Nc3ccccc3)n2)cc1)N1CCC1. The van der Waals surface area contributed by atoms with Crippen LogP contribution in [0.25, 0.3) is 17.0 Å². The van der Waals surface area contributed by atoms with Crippen molar-refractivity contribution in [3.63, 3.8) is 0 Å². The molecule has 5 heteroatoms. The summed E-state index contributed by atoms with van der Waals surface area (Å²) in [5.74, 6) is -0.263. The summed E-state index contributed by atoms with van der Waals surface area (Å²) in [4.78, 5) is 23.9. The van der Waals surface area contributed by atoms with E-state index in [1.54, 1.807) is 13.1 Å². The zero-order chi connectivity index (χ0) is 19.5. The van der Waals surface area contributed by atoms with Gasteiger partial charge in [0.1, 0.15) is 5.69 Å². The molecule has 1 aliphatic heterocycles. The molecule has 0 atom stereocenters. The molecule has 0 aliphatic carbocycles. The number of carbonyl (C=O) groups is 1. The lowest BCUT2D eigenvalue weighted by atomic mass is 10.0. The van der Waals surface area contributed by atoms with Crippen LogP contribution >= 0.6 is 0 Å². The minimum atomic E-state index is -0.263. The third-order valence-corrected chi connectivity index (χ3v) is 4.95. The Morgan fingerprint density at radius 2 is 1.79 bits per heavy atom. The Morgan fingerprint density at radius 3 is 2.43 bits per heavy atom. The van der Waals surface area contributed by atoms with Gasteiger partial charge in [0, 0.05) is 30.0 Å². The summed E-state index contributed by atoms with van der Waals surface area (Å²) in [6.45, 7) is 8.12. The molecule has 1 amide bonds. The number of hydrogen-bond acceptors (Lipinski definition) is 4. The number of nitrogens with zero attached hydrogens (tertiary/aromatic N) is 3. The van der Waals surface area contributed by atoms with E-state index in [2.05, 4.69) is 26.8 Å². The first-order valence-electron chi connectivity index (χ1n) is 9.36. The molecule has 0 radical (unpaired) electrons. The number of likely N-dealkylation sites (tertiary alicyclic amines) is 1. The topological polar surface area (TPSA) is 58.1 Å². The summed E-state index contributed by atoms with van der Waals surface area (Å²) in [6.07, 6.45) is 2.93. The molecule has 0 spiro atoms. The van der Waals surface area contributed by atoms with Gasteiger partial charge in [-0.15, -0.1) is 0 Å². The zero-order valence-corrected chi connectivity index (χ0v) is 15.9. The summed E-state index contributed by atoms with van der Waals surface area (Å²) in [6, 6.07) is 17.4. The van der Waals surface area contributed by atoms with E-state index in [4.69, 9.17) is 0 Å². The van der Waals surface area contributed by atoms with Gasteiger partial charge in [-0.3, -0.25) is 9.78 Å². The summed E-state index contributed by atoms with van der Waals surface area (Å²) in [5.41, 5.74) is 5.40. The number of rotatable bonds is 5. The average Bonchev–Trinajstić information content (AvgIpc) is 2.68. The average molecular weight is 370 g/mol. The molecular weight excluding hydrogens is 348 g/mol. The lowest BCUT2D eigenvalue weighted by Gasteiger charge is -2.34. The minimum Gasteiger partial charge on any atom is -0.371 e. The van der Waals surface area contributed by atoms with E-state index in [1.165, 1.54) is 6.42 Å². The van der Waals surface area contributed by atoms with Gasteiger partial charge in [0.25, 0.3) is 5.91 Å². The predicted octanol–water partition coefficient (Wildman–Crippen LogP) is 4.38. The molecule has 2 heterocycles. The van der Waals surface area contributed by atoms with Gasteiger partial charge in [-0.1, -0.05) is 49.0 Å². The van der Waals surface area contributed by atoms with Crippen LogP contribution in [0.15, 0.2) is 67.4 Å². The van der Waals surface area contributed by atoms with Crippen molar-refractivity contribution < 1.29 is 4.79 Å². The third-order valence-electron chi connectivity index (χ3n) is 4.95. The number of benzene rings is 2. The highest BCUT2D eigenvalue weighted by molar-refractivity contribution is 6.03. The second-order valence-corrected chi connectivity index (χ2v) is 6.87. The van der Waals surface area contributed by atoms with E-state index in [1.807, 2.05) is 54.6 Å². The first-order valence-corrected chi connectivity index (χ1v) is 9.36. The second kappa shape index (κ2) is 7.64. The molecular formula is C23H22N4O. The summed E-state index contributed by atoms with van der Waals surface area (Å²) < 4.78 is 0. The first-order chi connectivity index (χ1) is 13.6. The Hall–Kier alpha value is -3.47. The molecule has 0 saturated carbocycles. The molecule has 3 aromatic rings. The maximum absolute atomic E-state index is 12.6. The Kier molecular flexibility index (Phi) is 4.89. The number of hydrogen-bond donors (Lipinski definition) is 1. The molecule has 4 rings (SSSR count). The van der Waals surface area contributed by atoms with Crippen molar-refractivity contribution in [2.45, 2.75) is 13.3 Å². The third kappa shape index (κ3) is 3.64. The highest BCUT2D eigenvalue weighted by Crippen LogP contribution is 2.25. The van der Waals surface area contributed by atoms with Crippen molar-refractivity contribution in [1.29, 1.82) is 0 Å². The van der Waals surface area contributed by atoms with E-state index in [0.29, 0.717) is 17.1 Å². The standard InChI is InChI=1S/C23H22N4O/c1-16-22(23(28)25-20-7-4-3-5-8-20)26-21(15-24-16)19-11-9-18(10-12-19)17(2)27-13-6-14-27/h3-5,7-12,15H,2,6,13-14H2,1H3,(H,25,28). The minimum absolute atomic E-state index is 0.263. The first kappa shape index (κ1) is 17.9. The van der Waals surface area contributed by atoms with E-state index in [9.17, 15) is 4.79 Å². The fraction of sp³-hybridized carbons (Fsp3) is 0.174. The Balaban J connectivity index is 1.56. The highest BCUT2D eigenvalue weighted by atomic mass is 16.1. The van der Waals surface area contributed by atoms with E-state index in [-0.39, 0.29) is 5.91 Å². The smallest absolute Gasteiger partial charge is 0.276 e. The van der Waals surface area contributed by atoms with Crippen molar-refractivity contribution >= 4 is 17.3 Å². The predicted molar refractivity (Wildman–Crippen MR) is 112 cm³/mol. The molecule has 1 aromatic heterocycles. The van der Waals surface area contributed by atoms with Crippen molar-refractivity contribution in [3.8, 4) is 11.3 Å². The molecule has 1 N–H and O–H groups in total. The Bertz CT molecular complexity index is 1010. The number of amides is 1. The van der Waals surface area contributed by atoms with Gasteiger partial charge in [-0.2, -0.15) is 0 Å². The van der Waals surface area contributed by atoms with Gasteiger partial charge in [0.05, 0.1) is 17.6 Å². The van der Waals surface area contributed by atoms with Gasteiger partial charge < -0.3 is 10.2 Å². The molecule has 2 aromatic carbocycles. The molecule has 1 aliphatic rings. The van der Waals surface area contributed by atoms with Crippen LogP contribution < -0.4 is 5.32 Å². The summed E-state index contributed by atoms with van der Waals surface area (Å²) in [7, 11) is 0. The van der Waals surface area contributed by atoms with Crippen molar-refractivity contribution in [3.05, 3.63) is 84.3 Å². The van der Waals surface area contributed by atoms with Crippen LogP contribution in [0.4, 0.5) is 5.69 Å². The van der Waals surface area contributed by atoms with E-state index >= 15 is 0 Å². The lowest BCUT2D eigenvalue weighted by molar-refractivity contribution is 0.102.